The summed E-state index contributed by atoms with van der Waals surface area (Å²) < 4.78 is 37.7. The van der Waals surface area contributed by atoms with Gasteiger partial charge in [0.05, 0.1) is 18.6 Å². The first-order chi connectivity index (χ1) is 16.1. The number of nitrogens with zero attached hydrogens (tertiary/aromatic N) is 1. The van der Waals surface area contributed by atoms with Gasteiger partial charge in [-0.2, -0.15) is 4.72 Å². The van der Waals surface area contributed by atoms with Crippen LogP contribution < -0.4 is 31.0 Å². The van der Waals surface area contributed by atoms with E-state index in [9.17, 15) is 23.1 Å². The highest BCUT2D eigenvalue weighted by Crippen LogP contribution is 2.28. The molecule has 1 atom stereocenters. The fraction of sp³-hybridized carbons (Fsp3) is 0.286. The molecule has 0 bridgehead atoms. The zero-order chi connectivity index (χ0) is 25.1. The van der Waals surface area contributed by atoms with Crippen molar-refractivity contribution in [2.45, 2.75) is 17.4 Å². The van der Waals surface area contributed by atoms with E-state index in [1.807, 2.05) is 0 Å². The third kappa shape index (κ3) is 7.94. The number of aliphatic imine (C=N–C) groups is 1. The minimum atomic E-state index is -4.09. The molecule has 0 fully saturated rings. The van der Waals surface area contributed by atoms with Crippen LogP contribution in [0.3, 0.4) is 0 Å². The van der Waals surface area contributed by atoms with Gasteiger partial charge in [0.15, 0.2) is 17.5 Å². The van der Waals surface area contributed by atoms with Crippen molar-refractivity contribution in [3.05, 3.63) is 54.1 Å². The Kier molecular flexibility index (Phi) is 9.64. The molecule has 1 amide bonds. The van der Waals surface area contributed by atoms with Gasteiger partial charge in [-0.25, -0.2) is 8.42 Å². The zero-order valence-corrected chi connectivity index (χ0v) is 19.2. The molecule has 0 spiro atoms. The normalized spacial score (nSPS) is 11.8. The predicted octanol–water partition coefficient (Wildman–Crippen LogP) is -0.101. The van der Waals surface area contributed by atoms with Crippen LogP contribution in [0.2, 0.25) is 0 Å². The summed E-state index contributed by atoms with van der Waals surface area (Å²) in [4.78, 5) is 27.8. The molecule has 2 rings (SSSR count). The Bertz CT molecular complexity index is 1120. The summed E-state index contributed by atoms with van der Waals surface area (Å²) in [6, 6.07) is 10.1. The van der Waals surface area contributed by atoms with Crippen LogP contribution in [0.1, 0.15) is 16.8 Å². The van der Waals surface area contributed by atoms with Crippen LogP contribution in [0.15, 0.2) is 58.4 Å². The lowest BCUT2D eigenvalue weighted by molar-refractivity contribution is -0.138. The van der Waals surface area contributed by atoms with E-state index in [0.29, 0.717) is 25.3 Å². The van der Waals surface area contributed by atoms with Crippen LogP contribution in [0.5, 0.6) is 11.5 Å². The topological polar surface area (TPSA) is 195 Å². The highest BCUT2D eigenvalue weighted by atomic mass is 32.2. The van der Waals surface area contributed by atoms with E-state index in [4.69, 9.17) is 20.9 Å². The fourth-order valence-corrected chi connectivity index (χ4v) is 3.92. The van der Waals surface area contributed by atoms with Crippen molar-refractivity contribution in [3.8, 4) is 11.5 Å². The van der Waals surface area contributed by atoms with Gasteiger partial charge in [0.25, 0.3) is 5.91 Å². The lowest BCUT2D eigenvalue weighted by Crippen LogP contribution is -2.48. The molecule has 12 nitrogen and oxygen atoms in total. The van der Waals surface area contributed by atoms with Gasteiger partial charge in [-0.3, -0.25) is 14.6 Å². The minimum Gasteiger partial charge on any atom is -0.493 e. The number of carbonyl (C=O) groups is 2. The van der Waals surface area contributed by atoms with Crippen molar-refractivity contribution in [1.82, 2.24) is 10.0 Å². The van der Waals surface area contributed by atoms with Crippen molar-refractivity contribution in [2.24, 2.45) is 16.5 Å². The molecule has 0 aliphatic heterocycles. The summed E-state index contributed by atoms with van der Waals surface area (Å²) in [7, 11) is -2.69. The summed E-state index contributed by atoms with van der Waals surface area (Å²) in [6.07, 6.45) is 0.554. The van der Waals surface area contributed by atoms with Crippen LogP contribution in [-0.4, -0.2) is 64.2 Å². The molecule has 13 heteroatoms. The fourth-order valence-electron chi connectivity index (χ4n) is 2.71. The van der Waals surface area contributed by atoms with Crippen molar-refractivity contribution in [1.29, 1.82) is 0 Å². The monoisotopic (exact) mass is 493 g/mol. The Balaban J connectivity index is 2.00. The quantitative estimate of drug-likeness (QED) is 0.144. The Hall–Kier alpha value is -3.84. The number of benzene rings is 2. The third-order valence-corrected chi connectivity index (χ3v) is 5.88. The highest BCUT2D eigenvalue weighted by Gasteiger charge is 2.26. The average Bonchev–Trinajstić information content (AvgIpc) is 2.81. The average molecular weight is 494 g/mol. The molecule has 0 aromatic heterocycles. The van der Waals surface area contributed by atoms with Crippen LogP contribution in [0.4, 0.5) is 0 Å². The van der Waals surface area contributed by atoms with Crippen molar-refractivity contribution >= 4 is 27.9 Å². The van der Waals surface area contributed by atoms with Gasteiger partial charge in [0.2, 0.25) is 10.0 Å². The Morgan fingerprint density at radius 1 is 1.12 bits per heavy atom. The number of hydrogen-bond acceptors (Lipinski definition) is 7. The molecule has 184 valence electrons. The molecule has 0 saturated carbocycles. The number of carboxylic acids is 1. The van der Waals surface area contributed by atoms with Crippen molar-refractivity contribution in [3.63, 3.8) is 0 Å². The molecule has 2 aromatic carbocycles. The molecule has 0 heterocycles. The van der Waals surface area contributed by atoms with E-state index in [1.54, 1.807) is 6.07 Å². The Morgan fingerprint density at radius 3 is 2.44 bits per heavy atom. The number of aliphatic carboxylic acids is 1. The third-order valence-electron chi connectivity index (χ3n) is 4.40. The number of hydrogen-bond donors (Lipinski definition) is 5. The number of carboxylic acid groups (broad SMARTS) is 1. The summed E-state index contributed by atoms with van der Waals surface area (Å²) in [5, 5.41) is 11.8. The van der Waals surface area contributed by atoms with Gasteiger partial charge >= 0.3 is 5.97 Å². The summed E-state index contributed by atoms with van der Waals surface area (Å²) in [6.45, 7) is 0.218. The first-order valence-electron chi connectivity index (χ1n) is 10.1. The van der Waals surface area contributed by atoms with Gasteiger partial charge in [-0.1, -0.05) is 18.2 Å². The van der Waals surface area contributed by atoms with E-state index < -0.39 is 34.5 Å². The maximum Gasteiger partial charge on any atom is 0.323 e. The number of amides is 1. The summed E-state index contributed by atoms with van der Waals surface area (Å²) in [5.41, 5.74) is 10.7. The SMILES string of the molecule is COc1cc(C(=O)NC[C@H](NS(=O)(=O)c2ccccc2)C(=O)O)ccc1OCCCN=C(N)N. The zero-order valence-electron chi connectivity index (χ0n) is 18.4. The van der Waals surface area contributed by atoms with Crippen LogP contribution in [0, 0.1) is 0 Å². The lowest BCUT2D eigenvalue weighted by atomic mass is 10.2. The number of guanidine groups is 1. The number of ether oxygens (including phenoxy) is 2. The maximum absolute atomic E-state index is 12.5. The second kappa shape index (κ2) is 12.4. The molecule has 0 aliphatic carbocycles. The number of rotatable bonds is 13. The van der Waals surface area contributed by atoms with Crippen molar-refractivity contribution in [2.75, 3.05) is 26.8 Å². The second-order valence-corrected chi connectivity index (χ2v) is 8.62. The Morgan fingerprint density at radius 2 is 1.82 bits per heavy atom. The minimum absolute atomic E-state index is 0.00838. The number of methoxy groups -OCH3 is 1. The van der Waals surface area contributed by atoms with E-state index in [0.717, 1.165) is 0 Å². The second-order valence-electron chi connectivity index (χ2n) is 6.91. The van der Waals surface area contributed by atoms with E-state index in [-0.39, 0.29) is 22.2 Å². The van der Waals surface area contributed by atoms with Gasteiger partial charge in [-0.15, -0.1) is 0 Å². The van der Waals surface area contributed by atoms with Crippen LogP contribution in [-0.2, 0) is 14.8 Å². The summed E-state index contributed by atoms with van der Waals surface area (Å²) >= 11 is 0. The predicted molar refractivity (Wildman–Crippen MR) is 124 cm³/mol. The molecule has 2 aromatic rings. The standard InChI is InChI=1S/C21H27N5O7S/c1-32-18-12-14(8-9-17(18)33-11-5-10-24-21(22)23)19(27)25-13-16(20(28)29)26-34(30,31)15-6-3-2-4-7-15/h2-4,6-9,12,16,26H,5,10-11,13H2,1H3,(H,25,27)(H,28,29)(H4,22,23,24)/t16-/m0/s1. The molecular formula is C21H27N5O7S. The number of sulfonamides is 1. The summed E-state index contributed by atoms with van der Waals surface area (Å²) in [5.74, 6) is -1.40. The van der Waals surface area contributed by atoms with Gasteiger partial charge < -0.3 is 31.4 Å². The van der Waals surface area contributed by atoms with Gasteiger partial charge in [0, 0.05) is 25.1 Å². The maximum atomic E-state index is 12.5. The molecule has 0 saturated heterocycles. The molecule has 0 unspecified atom stereocenters. The lowest BCUT2D eigenvalue weighted by Gasteiger charge is -2.16. The first kappa shape index (κ1) is 26.4. The number of nitrogens with one attached hydrogen (secondary N) is 2. The molecular weight excluding hydrogens is 466 g/mol. The van der Waals surface area contributed by atoms with Gasteiger partial charge in [0.1, 0.15) is 6.04 Å². The first-order valence-corrected chi connectivity index (χ1v) is 11.6. The smallest absolute Gasteiger partial charge is 0.323 e. The molecule has 34 heavy (non-hydrogen) atoms. The number of nitrogens with two attached hydrogens (primary N) is 2. The highest BCUT2D eigenvalue weighted by molar-refractivity contribution is 7.89. The van der Waals surface area contributed by atoms with E-state index in [2.05, 4.69) is 15.0 Å². The molecule has 0 aliphatic rings. The van der Waals surface area contributed by atoms with E-state index in [1.165, 1.54) is 49.6 Å². The molecule has 7 N–H and O–H groups in total. The number of carbonyl (C=O) groups excluding carboxylic acids is 1. The van der Waals surface area contributed by atoms with Crippen LogP contribution in [0.25, 0.3) is 0 Å². The van der Waals surface area contributed by atoms with E-state index >= 15 is 0 Å². The largest absolute Gasteiger partial charge is 0.493 e. The molecule has 0 radical (unpaired) electrons. The van der Waals surface area contributed by atoms with Crippen molar-refractivity contribution < 1.29 is 32.6 Å². The van der Waals surface area contributed by atoms with Gasteiger partial charge in [-0.05, 0) is 30.3 Å². The van der Waals surface area contributed by atoms with Crippen LogP contribution >= 0.6 is 0 Å². The Labute approximate surface area is 197 Å².